The second-order valence-electron chi connectivity index (χ2n) is 5.97. The van der Waals surface area contributed by atoms with E-state index >= 15 is 0 Å². The first-order valence-corrected chi connectivity index (χ1v) is 7.39. The molecule has 1 aromatic rings. The number of likely N-dealkylation sites (tertiary alicyclic amines) is 1. The van der Waals surface area contributed by atoms with Gasteiger partial charge in [-0.05, 0) is 42.9 Å². The van der Waals surface area contributed by atoms with Crippen LogP contribution < -0.4 is 5.73 Å². The molecule has 2 N–H and O–H groups in total. The molecule has 0 aromatic heterocycles. The Kier molecular flexibility index (Phi) is 3.45. The minimum atomic E-state index is 0.149. The molecule has 2 fully saturated rings. The van der Waals surface area contributed by atoms with Crippen molar-refractivity contribution < 1.29 is 4.79 Å². The van der Waals surface area contributed by atoms with Gasteiger partial charge in [-0.2, -0.15) is 0 Å². The highest BCUT2D eigenvalue weighted by Crippen LogP contribution is 2.36. The predicted octanol–water partition coefficient (Wildman–Crippen LogP) is 2.92. The molecule has 19 heavy (non-hydrogen) atoms. The Morgan fingerprint density at radius 3 is 2.74 bits per heavy atom. The van der Waals surface area contributed by atoms with Crippen molar-refractivity contribution in [1.29, 1.82) is 0 Å². The fraction of sp³-hybridized carbons (Fsp3) is 0.562. The highest BCUT2D eigenvalue weighted by molar-refractivity contribution is 5.95. The summed E-state index contributed by atoms with van der Waals surface area (Å²) < 4.78 is 0. The van der Waals surface area contributed by atoms with Crippen LogP contribution in [-0.2, 0) is 0 Å². The number of benzene rings is 1. The number of carbonyl (C=O) groups excluding carboxylic acids is 1. The van der Waals surface area contributed by atoms with Gasteiger partial charge in [-0.25, -0.2) is 0 Å². The Labute approximate surface area is 114 Å². The van der Waals surface area contributed by atoms with E-state index in [2.05, 4.69) is 0 Å². The maximum absolute atomic E-state index is 12.5. The highest BCUT2D eigenvalue weighted by Gasteiger charge is 2.33. The normalized spacial score (nSPS) is 26.8. The molecule has 0 radical (unpaired) electrons. The molecular formula is C16H22N2O. The fourth-order valence-electron chi connectivity index (χ4n) is 3.64. The first-order valence-electron chi connectivity index (χ1n) is 7.39. The number of amides is 1. The number of nitrogens with zero attached hydrogens (tertiary/aromatic N) is 1. The lowest BCUT2D eigenvalue weighted by Crippen LogP contribution is -2.44. The lowest BCUT2D eigenvalue weighted by Gasteiger charge is -2.41. The van der Waals surface area contributed by atoms with E-state index < -0.39 is 0 Å². The van der Waals surface area contributed by atoms with E-state index in [4.69, 9.17) is 5.73 Å². The predicted molar refractivity (Wildman–Crippen MR) is 76.8 cm³/mol. The van der Waals surface area contributed by atoms with Crippen LogP contribution in [-0.4, -0.2) is 23.9 Å². The van der Waals surface area contributed by atoms with Crippen LogP contribution in [0.1, 0.15) is 42.5 Å². The van der Waals surface area contributed by atoms with Crippen LogP contribution in [0.2, 0.25) is 0 Å². The molecule has 0 spiro atoms. The lowest BCUT2D eigenvalue weighted by molar-refractivity contribution is 0.0521. The average Bonchev–Trinajstić information content (AvgIpc) is 2.46. The van der Waals surface area contributed by atoms with E-state index in [0.29, 0.717) is 5.69 Å². The van der Waals surface area contributed by atoms with Gasteiger partial charge in [0.1, 0.15) is 0 Å². The number of hydrogen-bond donors (Lipinski definition) is 1. The van der Waals surface area contributed by atoms with Gasteiger partial charge < -0.3 is 10.6 Å². The highest BCUT2D eigenvalue weighted by atomic mass is 16.2. The summed E-state index contributed by atoms with van der Waals surface area (Å²) in [6.07, 6.45) is 6.56. The van der Waals surface area contributed by atoms with E-state index in [1.165, 1.54) is 32.1 Å². The molecule has 2 unspecified atom stereocenters. The molecule has 1 saturated carbocycles. The van der Waals surface area contributed by atoms with Gasteiger partial charge in [0.05, 0.1) is 0 Å². The smallest absolute Gasteiger partial charge is 0.253 e. The zero-order chi connectivity index (χ0) is 13.2. The van der Waals surface area contributed by atoms with Gasteiger partial charge in [0.25, 0.3) is 5.91 Å². The van der Waals surface area contributed by atoms with Crippen LogP contribution in [0.3, 0.4) is 0 Å². The third-order valence-electron chi connectivity index (χ3n) is 4.71. The van der Waals surface area contributed by atoms with Gasteiger partial charge in [0, 0.05) is 24.3 Å². The largest absolute Gasteiger partial charge is 0.399 e. The fourth-order valence-corrected chi connectivity index (χ4v) is 3.64. The third-order valence-corrected chi connectivity index (χ3v) is 4.71. The van der Waals surface area contributed by atoms with Crippen LogP contribution >= 0.6 is 0 Å². The summed E-state index contributed by atoms with van der Waals surface area (Å²) in [5, 5.41) is 0. The molecule has 1 heterocycles. The van der Waals surface area contributed by atoms with Crippen LogP contribution in [0.4, 0.5) is 5.69 Å². The third kappa shape index (κ3) is 2.60. The van der Waals surface area contributed by atoms with Crippen molar-refractivity contribution in [2.45, 2.75) is 32.1 Å². The van der Waals surface area contributed by atoms with Crippen molar-refractivity contribution in [1.82, 2.24) is 4.90 Å². The van der Waals surface area contributed by atoms with Gasteiger partial charge in [0.2, 0.25) is 0 Å². The molecule has 1 aromatic carbocycles. The molecule has 3 rings (SSSR count). The first kappa shape index (κ1) is 12.5. The van der Waals surface area contributed by atoms with Crippen LogP contribution in [0.25, 0.3) is 0 Å². The van der Waals surface area contributed by atoms with Gasteiger partial charge in [-0.3, -0.25) is 4.79 Å². The maximum Gasteiger partial charge on any atom is 0.253 e. The summed E-state index contributed by atoms with van der Waals surface area (Å²) in [4.78, 5) is 14.5. The van der Waals surface area contributed by atoms with Gasteiger partial charge in [0.15, 0.2) is 0 Å². The number of anilines is 1. The van der Waals surface area contributed by atoms with Crippen LogP contribution in [0.15, 0.2) is 24.3 Å². The summed E-state index contributed by atoms with van der Waals surface area (Å²) in [5.41, 5.74) is 7.16. The molecule has 2 atom stereocenters. The summed E-state index contributed by atoms with van der Waals surface area (Å²) in [6, 6.07) is 7.33. The number of nitrogen functional groups attached to an aromatic ring is 1. The molecule has 3 nitrogen and oxygen atoms in total. The van der Waals surface area contributed by atoms with Crippen molar-refractivity contribution in [3.8, 4) is 0 Å². The quantitative estimate of drug-likeness (QED) is 0.787. The Morgan fingerprint density at radius 2 is 1.95 bits per heavy atom. The molecule has 1 aliphatic carbocycles. The second kappa shape index (κ2) is 5.24. The van der Waals surface area contributed by atoms with Crippen molar-refractivity contribution in [2.24, 2.45) is 11.8 Å². The number of nitrogens with two attached hydrogens (primary N) is 1. The number of rotatable bonds is 1. The van der Waals surface area contributed by atoms with Crippen LogP contribution in [0.5, 0.6) is 0 Å². The molecule has 102 valence electrons. The first-order chi connectivity index (χ1) is 9.24. The van der Waals surface area contributed by atoms with Crippen molar-refractivity contribution in [3.63, 3.8) is 0 Å². The molecule has 1 aliphatic heterocycles. The molecule has 1 saturated heterocycles. The van der Waals surface area contributed by atoms with Gasteiger partial charge in [-0.15, -0.1) is 0 Å². The summed E-state index contributed by atoms with van der Waals surface area (Å²) in [6.45, 7) is 1.85. The molecule has 0 bridgehead atoms. The Hall–Kier alpha value is -1.51. The minimum Gasteiger partial charge on any atom is -0.399 e. The van der Waals surface area contributed by atoms with Crippen molar-refractivity contribution >= 4 is 11.6 Å². The Balaban J connectivity index is 1.71. The number of hydrogen-bond acceptors (Lipinski definition) is 2. The Bertz CT molecular complexity index is 472. The molecule has 2 aliphatic rings. The summed E-state index contributed by atoms with van der Waals surface area (Å²) in [7, 11) is 0. The summed E-state index contributed by atoms with van der Waals surface area (Å²) in [5.74, 6) is 1.74. The molecule has 1 amide bonds. The number of fused-ring (bicyclic) bond motifs is 1. The maximum atomic E-state index is 12.5. The zero-order valence-corrected chi connectivity index (χ0v) is 11.3. The molecule has 3 heteroatoms. The second-order valence-corrected chi connectivity index (χ2v) is 5.97. The van der Waals surface area contributed by atoms with Crippen molar-refractivity contribution in [2.75, 3.05) is 18.8 Å². The van der Waals surface area contributed by atoms with Crippen molar-refractivity contribution in [3.05, 3.63) is 29.8 Å². The number of carbonyl (C=O) groups is 1. The van der Waals surface area contributed by atoms with Gasteiger partial charge in [-0.1, -0.05) is 25.3 Å². The van der Waals surface area contributed by atoms with Gasteiger partial charge >= 0.3 is 0 Å². The van der Waals surface area contributed by atoms with E-state index in [1.54, 1.807) is 6.07 Å². The van der Waals surface area contributed by atoms with E-state index in [0.717, 1.165) is 30.5 Å². The zero-order valence-electron chi connectivity index (χ0n) is 11.3. The van der Waals surface area contributed by atoms with E-state index in [-0.39, 0.29) is 5.91 Å². The number of piperidine rings is 1. The van der Waals surface area contributed by atoms with Crippen LogP contribution in [0, 0.1) is 11.8 Å². The topological polar surface area (TPSA) is 46.3 Å². The standard InChI is InChI=1S/C16H22N2O/c17-15-7-3-6-13(10-15)16(19)18-9-8-12-4-1-2-5-14(12)11-18/h3,6-7,10,12,14H,1-2,4-5,8-9,11,17H2. The minimum absolute atomic E-state index is 0.149. The average molecular weight is 258 g/mol. The molecular weight excluding hydrogens is 236 g/mol. The SMILES string of the molecule is Nc1cccc(C(=O)N2CCC3CCCCC3C2)c1. The lowest BCUT2D eigenvalue weighted by atomic mass is 9.75. The monoisotopic (exact) mass is 258 g/mol. The Morgan fingerprint density at radius 1 is 1.16 bits per heavy atom. The van der Waals surface area contributed by atoms with E-state index in [9.17, 15) is 4.79 Å². The van der Waals surface area contributed by atoms with E-state index in [1.807, 2.05) is 23.1 Å². The summed E-state index contributed by atoms with van der Waals surface area (Å²) >= 11 is 0.